The molecule has 0 spiro atoms. The van der Waals surface area contributed by atoms with Crippen molar-refractivity contribution in [2.75, 3.05) is 5.75 Å². The number of rotatable bonds is 1. The van der Waals surface area contributed by atoms with E-state index in [9.17, 15) is 0 Å². The van der Waals surface area contributed by atoms with Crippen LogP contribution in [0.25, 0.3) is 0 Å². The van der Waals surface area contributed by atoms with Crippen LogP contribution < -0.4 is 18.9 Å². The van der Waals surface area contributed by atoms with E-state index < -0.39 is 0 Å². The van der Waals surface area contributed by atoms with E-state index in [-0.39, 0.29) is 20.3 Å². The van der Waals surface area contributed by atoms with Gasteiger partial charge in [0.2, 0.25) is 0 Å². The summed E-state index contributed by atoms with van der Waals surface area (Å²) in [6.45, 7) is 0. The molecule has 0 bridgehead atoms. The van der Waals surface area contributed by atoms with Crippen molar-refractivity contribution in [1.82, 2.24) is 0 Å². The monoisotopic (exact) mass is 84.0 g/mol. The van der Waals surface area contributed by atoms with Gasteiger partial charge in [0, 0.05) is 5.75 Å². The molecule has 0 unspecified atom stereocenters. The molecule has 0 radical (unpaired) electrons. The summed E-state index contributed by atoms with van der Waals surface area (Å²) in [5, 5.41) is 0. The molecule has 0 atom stereocenters. The Bertz CT molecular complexity index is 27.5. The number of thiol groups is 1. The van der Waals surface area contributed by atoms with Gasteiger partial charge in [-0.3, -0.25) is 0 Å². The molecular formula is C2H5LiOS. The van der Waals surface area contributed by atoms with Gasteiger partial charge in [0.05, 0.1) is 0 Å². The Balaban J connectivity index is -0.0000000450. The van der Waals surface area contributed by atoms with E-state index in [0.29, 0.717) is 5.75 Å². The van der Waals surface area contributed by atoms with Gasteiger partial charge in [-0.1, -0.05) is 0 Å². The third-order valence-electron chi connectivity index (χ3n) is 0.0745. The molecule has 0 aliphatic heterocycles. The fraction of sp³-hybridized carbons (Fsp3) is 0.500. The molecule has 5 heavy (non-hydrogen) atoms. The van der Waals surface area contributed by atoms with Gasteiger partial charge in [-0.2, -0.15) is 12.6 Å². The second-order valence-electron chi connectivity index (χ2n) is 0.349. The van der Waals surface area contributed by atoms with Crippen LogP contribution in [0.3, 0.4) is 0 Å². The van der Waals surface area contributed by atoms with Crippen LogP contribution in [0.1, 0.15) is 1.43 Å². The number of carbonyl (C=O) groups excluding carboxylic acids is 1. The average Bonchev–Trinajstić information content (AvgIpc) is 1.37. The van der Waals surface area contributed by atoms with E-state index in [0.717, 1.165) is 6.29 Å². The number of carbonyl (C=O) groups is 1. The fourth-order valence-electron chi connectivity index (χ4n) is 0. The van der Waals surface area contributed by atoms with Crippen LogP contribution in [0.5, 0.6) is 0 Å². The van der Waals surface area contributed by atoms with Crippen molar-refractivity contribution >= 4 is 18.9 Å². The van der Waals surface area contributed by atoms with Crippen molar-refractivity contribution in [2.24, 2.45) is 0 Å². The predicted molar refractivity (Wildman–Crippen MR) is 21.0 cm³/mol. The topological polar surface area (TPSA) is 17.1 Å². The molecule has 0 aliphatic carbocycles. The van der Waals surface area contributed by atoms with E-state index >= 15 is 0 Å². The minimum atomic E-state index is 0. The van der Waals surface area contributed by atoms with E-state index in [1.165, 1.54) is 0 Å². The number of hydrogen-bond acceptors (Lipinski definition) is 2. The Kier molecular flexibility index (Phi) is 16.1. The molecule has 0 N–H and O–H groups in total. The molecule has 0 amide bonds. The van der Waals surface area contributed by atoms with Crippen molar-refractivity contribution in [3.63, 3.8) is 0 Å². The maximum absolute atomic E-state index is 9.10. The summed E-state index contributed by atoms with van der Waals surface area (Å²) in [4.78, 5) is 9.10. The summed E-state index contributed by atoms with van der Waals surface area (Å²) in [7, 11) is 0. The first-order chi connectivity index (χ1) is 1.91. The molecule has 0 saturated heterocycles. The van der Waals surface area contributed by atoms with Gasteiger partial charge >= 0.3 is 18.9 Å². The third kappa shape index (κ3) is 12.1. The molecule has 0 fully saturated rings. The van der Waals surface area contributed by atoms with Gasteiger partial charge < -0.3 is 6.22 Å². The van der Waals surface area contributed by atoms with E-state index in [2.05, 4.69) is 12.6 Å². The fourth-order valence-corrected chi connectivity index (χ4v) is 0. The maximum Gasteiger partial charge on any atom is 1.00 e. The molecule has 1 nitrogen and oxygen atoms in total. The SMILES string of the molecule is O=CCS.[H-].[Li+]. The van der Waals surface area contributed by atoms with E-state index in [1.807, 2.05) is 0 Å². The first-order valence-corrected chi connectivity index (χ1v) is 1.59. The van der Waals surface area contributed by atoms with Crippen LogP contribution >= 0.6 is 12.6 Å². The Morgan fingerprint density at radius 3 is 2.20 bits per heavy atom. The van der Waals surface area contributed by atoms with Crippen molar-refractivity contribution in [2.45, 2.75) is 0 Å². The van der Waals surface area contributed by atoms with Crippen LogP contribution in [0.15, 0.2) is 0 Å². The van der Waals surface area contributed by atoms with Crippen molar-refractivity contribution in [3.05, 3.63) is 0 Å². The van der Waals surface area contributed by atoms with E-state index in [1.54, 1.807) is 0 Å². The number of aldehydes is 1. The molecule has 3 heteroatoms. The number of hydrogen-bond donors (Lipinski definition) is 1. The van der Waals surface area contributed by atoms with Crippen LogP contribution in [0, 0.1) is 0 Å². The molecule has 0 aromatic heterocycles. The molecular weight excluding hydrogens is 79.0 g/mol. The van der Waals surface area contributed by atoms with Gasteiger partial charge in [-0.25, -0.2) is 0 Å². The first-order valence-electron chi connectivity index (χ1n) is 0.960. The molecule has 26 valence electrons. The minimum absolute atomic E-state index is 0. The van der Waals surface area contributed by atoms with Crippen LogP contribution in [-0.2, 0) is 4.79 Å². The summed E-state index contributed by atoms with van der Waals surface area (Å²) in [6, 6.07) is 0. The smallest absolute Gasteiger partial charge is 1.00 e. The zero-order chi connectivity index (χ0) is 3.41. The summed E-state index contributed by atoms with van der Waals surface area (Å²) in [6.07, 6.45) is 0.739. The molecule has 0 heterocycles. The quantitative estimate of drug-likeness (QED) is 0.207. The Labute approximate surface area is 50.2 Å². The minimum Gasteiger partial charge on any atom is -1.00 e. The van der Waals surface area contributed by atoms with Crippen LogP contribution in [0.2, 0.25) is 0 Å². The third-order valence-corrected chi connectivity index (χ3v) is 0.224. The molecule has 0 rings (SSSR count). The zero-order valence-corrected chi connectivity index (χ0v) is 4.03. The zero-order valence-electron chi connectivity index (χ0n) is 4.14. The summed E-state index contributed by atoms with van der Waals surface area (Å²) in [5.41, 5.74) is 0. The van der Waals surface area contributed by atoms with Gasteiger partial charge in [-0.15, -0.1) is 0 Å². The normalized spacial score (nSPS) is 5.00. The molecule has 0 aliphatic rings. The Morgan fingerprint density at radius 2 is 2.20 bits per heavy atom. The summed E-state index contributed by atoms with van der Waals surface area (Å²) in [5.74, 6) is 0.333. The maximum atomic E-state index is 9.10. The van der Waals surface area contributed by atoms with Crippen molar-refractivity contribution in [3.8, 4) is 0 Å². The van der Waals surface area contributed by atoms with Crippen LogP contribution in [-0.4, -0.2) is 12.0 Å². The van der Waals surface area contributed by atoms with Crippen LogP contribution in [0.4, 0.5) is 0 Å². The standard InChI is InChI=1S/C2H4OS.Li.H/c3-1-2-4;;/h1,4H,2H2;;/q;+1;-1. The Hall–Kier alpha value is 0.617. The molecule has 0 aromatic carbocycles. The van der Waals surface area contributed by atoms with Gasteiger partial charge in [0.15, 0.2) is 0 Å². The summed E-state index contributed by atoms with van der Waals surface area (Å²) < 4.78 is 0. The van der Waals surface area contributed by atoms with E-state index in [4.69, 9.17) is 4.79 Å². The average molecular weight is 84.1 g/mol. The Morgan fingerprint density at radius 1 is 2.00 bits per heavy atom. The summed E-state index contributed by atoms with van der Waals surface area (Å²) >= 11 is 3.55. The van der Waals surface area contributed by atoms with Gasteiger partial charge in [0.25, 0.3) is 0 Å². The molecule has 0 aromatic rings. The first kappa shape index (κ1) is 9.15. The van der Waals surface area contributed by atoms with Crippen molar-refractivity contribution in [1.29, 1.82) is 0 Å². The predicted octanol–water partition coefficient (Wildman–Crippen LogP) is -2.77. The van der Waals surface area contributed by atoms with Gasteiger partial charge in [0.1, 0.15) is 6.29 Å². The van der Waals surface area contributed by atoms with Crippen molar-refractivity contribution < 1.29 is 25.1 Å². The second kappa shape index (κ2) is 8.82. The van der Waals surface area contributed by atoms with Gasteiger partial charge in [-0.05, 0) is 0 Å². The largest absolute Gasteiger partial charge is 1.00 e. The molecule has 0 saturated carbocycles. The second-order valence-corrected chi connectivity index (χ2v) is 0.714.